The molecule has 70 heavy (non-hydrogen) atoms. The summed E-state index contributed by atoms with van der Waals surface area (Å²) in [5, 5.41) is 16.2. The summed E-state index contributed by atoms with van der Waals surface area (Å²) in [4.78, 5) is 2.40. The summed E-state index contributed by atoms with van der Waals surface area (Å²) < 4.78 is 24.2. The van der Waals surface area contributed by atoms with Crippen molar-refractivity contribution in [3.8, 4) is 34.4 Å². The molecule has 0 radical (unpaired) electrons. The van der Waals surface area contributed by atoms with Crippen molar-refractivity contribution in [2.24, 2.45) is 0 Å². The van der Waals surface area contributed by atoms with Gasteiger partial charge in [0.1, 0.15) is 28.2 Å². The van der Waals surface area contributed by atoms with Gasteiger partial charge in [0.05, 0.1) is 28.4 Å². The van der Waals surface area contributed by atoms with E-state index in [4.69, 9.17) is 13.6 Å². The molecule has 0 N–H and O–H groups in total. The summed E-state index contributed by atoms with van der Waals surface area (Å²) in [6.45, 7) is 13.5. The van der Waals surface area contributed by atoms with Crippen molar-refractivity contribution in [2.75, 3.05) is 4.90 Å². The van der Waals surface area contributed by atoms with Crippen molar-refractivity contribution in [3.63, 3.8) is 0 Å². The average molecular weight is 904 g/mol. The summed E-state index contributed by atoms with van der Waals surface area (Å²) in [7, 11) is 0. The lowest BCUT2D eigenvalue weighted by Gasteiger charge is -2.40. The van der Waals surface area contributed by atoms with Crippen molar-refractivity contribution in [1.29, 1.82) is 5.26 Å². The Labute approximate surface area is 405 Å². The van der Waals surface area contributed by atoms with Crippen LogP contribution in [-0.4, -0.2) is 11.3 Å². The number of nitrogens with zero attached hydrogens (tertiary/aromatic N) is 3. The van der Waals surface area contributed by atoms with Gasteiger partial charge in [0.15, 0.2) is 5.58 Å². The molecule has 0 spiro atoms. The molecule has 0 amide bonds. The maximum atomic E-state index is 9.93. The van der Waals surface area contributed by atoms with Gasteiger partial charge in [-0.3, -0.25) is 0 Å². The van der Waals surface area contributed by atoms with Crippen LogP contribution in [0.15, 0.2) is 179 Å². The zero-order valence-corrected chi connectivity index (χ0v) is 39.8. The summed E-state index contributed by atoms with van der Waals surface area (Å²) in [6.07, 6.45) is 0. The van der Waals surface area contributed by atoms with Gasteiger partial charge in [-0.25, -0.2) is 0 Å². The van der Waals surface area contributed by atoms with Gasteiger partial charge in [0.25, 0.3) is 6.71 Å². The minimum absolute atomic E-state index is 0.0850. The minimum atomic E-state index is -0.310. The molecule has 0 aliphatic carbocycles. The van der Waals surface area contributed by atoms with E-state index in [1.165, 1.54) is 11.1 Å². The van der Waals surface area contributed by atoms with Gasteiger partial charge in [-0.2, -0.15) is 5.26 Å². The molecule has 0 unspecified atom stereocenters. The molecule has 6 nitrogen and oxygen atoms in total. The van der Waals surface area contributed by atoms with Gasteiger partial charge in [-0.1, -0.05) is 139 Å². The van der Waals surface area contributed by atoms with E-state index in [0.29, 0.717) is 5.56 Å². The Hall–Kier alpha value is -8.47. The Morgan fingerprint density at radius 2 is 1.11 bits per heavy atom. The second-order valence-corrected chi connectivity index (χ2v) is 21.2. The van der Waals surface area contributed by atoms with Gasteiger partial charge < -0.3 is 23.0 Å². The van der Waals surface area contributed by atoms with Gasteiger partial charge in [-0.15, -0.1) is 0 Å². The highest BCUT2D eigenvalue weighted by molar-refractivity contribution is 7.01. The Morgan fingerprint density at radius 3 is 1.81 bits per heavy atom. The highest BCUT2D eigenvalue weighted by atomic mass is 16.5. The maximum Gasteiger partial charge on any atom is 0.261 e. The molecule has 9 aromatic carbocycles. The fourth-order valence-corrected chi connectivity index (χ4v) is 11.5. The monoisotopic (exact) mass is 903 g/mol. The van der Waals surface area contributed by atoms with E-state index in [1.807, 2.05) is 24.3 Å². The van der Waals surface area contributed by atoms with Crippen molar-refractivity contribution >= 4 is 106 Å². The topological polar surface area (TPSA) is 67.5 Å². The molecule has 0 atom stereocenters. The van der Waals surface area contributed by atoms with E-state index >= 15 is 0 Å². The fraction of sp³-hybridized carbons (Fsp3) is 0.127. The SMILES string of the molecule is CC(C)(C)c1cc(-c2cc3c4c(c2)N(c2ccccc2)c2c(c5oc6ccccc6c5c5c2oc2ccccc25)B4c2ccc(-n4c5ccccc5c5cc(C#N)ccc54)cc2O3)cc(C(C)(C)C)c1. The lowest BCUT2D eigenvalue weighted by Crippen LogP contribution is -2.59. The first-order valence-electron chi connectivity index (χ1n) is 24.2. The lowest BCUT2D eigenvalue weighted by atomic mass is 9.34. The lowest BCUT2D eigenvalue weighted by molar-refractivity contribution is 0.487. The number of rotatable bonds is 3. The number of hydrogen-bond donors (Lipinski definition) is 0. The van der Waals surface area contributed by atoms with E-state index in [2.05, 4.69) is 203 Å². The van der Waals surface area contributed by atoms with Gasteiger partial charge >= 0.3 is 0 Å². The van der Waals surface area contributed by atoms with Crippen molar-refractivity contribution in [3.05, 3.63) is 187 Å². The van der Waals surface area contributed by atoms with Crippen LogP contribution < -0.4 is 26.0 Å². The van der Waals surface area contributed by atoms with Crippen LogP contribution in [0.3, 0.4) is 0 Å². The van der Waals surface area contributed by atoms with E-state index < -0.39 is 0 Å². The number of ether oxygens (including phenoxy) is 1. The molecule has 7 heteroatoms. The first kappa shape index (κ1) is 40.6. The summed E-state index contributed by atoms with van der Waals surface area (Å²) >= 11 is 0. The zero-order valence-electron chi connectivity index (χ0n) is 39.8. The smallest absolute Gasteiger partial charge is 0.261 e. The number of benzene rings is 9. The number of aromatic nitrogens is 1. The fourth-order valence-electron chi connectivity index (χ4n) is 11.5. The molecule has 12 aromatic rings. The Kier molecular flexibility index (Phi) is 8.29. The highest BCUT2D eigenvalue weighted by Crippen LogP contribution is 2.51. The first-order valence-corrected chi connectivity index (χ1v) is 24.2. The van der Waals surface area contributed by atoms with E-state index in [-0.39, 0.29) is 17.5 Å². The largest absolute Gasteiger partial charge is 0.458 e. The second kappa shape index (κ2) is 14.3. The summed E-state index contributed by atoms with van der Waals surface area (Å²) in [6, 6.07) is 62.6. The number of furan rings is 2. The Bertz CT molecular complexity index is 4240. The number of fused-ring (bicyclic) bond motifs is 16. The summed E-state index contributed by atoms with van der Waals surface area (Å²) in [5.41, 5.74) is 17.7. The third kappa shape index (κ3) is 5.74. The molecule has 0 bridgehead atoms. The quantitative estimate of drug-likeness (QED) is 0.165. The van der Waals surface area contributed by atoms with Crippen LogP contribution in [0.4, 0.5) is 17.1 Å². The van der Waals surface area contributed by atoms with Gasteiger partial charge in [0, 0.05) is 60.9 Å². The third-order valence-corrected chi connectivity index (χ3v) is 14.9. The molecule has 14 rings (SSSR count). The third-order valence-electron chi connectivity index (χ3n) is 14.9. The van der Waals surface area contributed by atoms with E-state index in [9.17, 15) is 5.26 Å². The molecule has 0 saturated heterocycles. The van der Waals surface area contributed by atoms with Crippen LogP contribution in [0.2, 0.25) is 0 Å². The molecule has 2 aliphatic rings. The van der Waals surface area contributed by atoms with Crippen molar-refractivity contribution < 1.29 is 13.6 Å². The van der Waals surface area contributed by atoms with Crippen molar-refractivity contribution in [1.82, 2.24) is 4.57 Å². The van der Waals surface area contributed by atoms with Crippen LogP contribution in [0.5, 0.6) is 11.5 Å². The molecule has 5 heterocycles. The van der Waals surface area contributed by atoms with Gasteiger partial charge in [0.2, 0.25) is 0 Å². The Balaban J connectivity index is 1.13. The first-order chi connectivity index (χ1) is 33.9. The number of nitriles is 1. The molecule has 2 aliphatic heterocycles. The number of hydrogen-bond acceptors (Lipinski definition) is 5. The zero-order chi connectivity index (χ0) is 47.4. The van der Waals surface area contributed by atoms with Crippen molar-refractivity contribution in [2.45, 2.75) is 52.4 Å². The average Bonchev–Trinajstić information content (AvgIpc) is 4.05. The Morgan fingerprint density at radius 1 is 0.500 bits per heavy atom. The van der Waals surface area contributed by atoms with Gasteiger partial charge in [-0.05, 0) is 111 Å². The van der Waals surface area contributed by atoms with Crippen LogP contribution >= 0.6 is 0 Å². The number of anilines is 3. The molecule has 3 aromatic heterocycles. The highest BCUT2D eigenvalue weighted by Gasteiger charge is 2.46. The minimum Gasteiger partial charge on any atom is -0.458 e. The van der Waals surface area contributed by atoms with Crippen LogP contribution in [0.25, 0.3) is 82.5 Å². The van der Waals surface area contributed by atoms with Crippen LogP contribution in [0.1, 0.15) is 58.2 Å². The standard InChI is InChI=1S/C63H46BN3O3/c1-62(2,3)39-29-37(30-40(33-39)63(4,5)6)38-31-50-57-54(32-38)68-53-34-42(66-48-21-13-10-18-43(48)46-28-36(35-65)24-27-49(46)66)25-26-47(53)64(57)58-59(67(50)41-16-8-7-9-17-41)61-56(45-20-12-15-23-52(45)70-61)55-44-19-11-14-22-51(44)69-60(55)58/h7-34H,1-6H3. The predicted octanol–water partition coefficient (Wildman–Crippen LogP) is 15.1. The maximum absolute atomic E-state index is 9.93. The summed E-state index contributed by atoms with van der Waals surface area (Å²) in [5.74, 6) is 1.56. The molecular formula is C63H46BN3O3. The number of para-hydroxylation sites is 4. The van der Waals surface area contributed by atoms with E-state index in [1.54, 1.807) is 0 Å². The molecule has 0 saturated carbocycles. The molecule has 334 valence electrons. The van der Waals surface area contributed by atoms with Crippen LogP contribution in [-0.2, 0) is 10.8 Å². The second-order valence-electron chi connectivity index (χ2n) is 21.2. The van der Waals surface area contributed by atoms with E-state index in [0.717, 1.165) is 127 Å². The van der Waals surface area contributed by atoms with Crippen LogP contribution in [0, 0.1) is 11.3 Å². The molecule has 0 fully saturated rings. The predicted molar refractivity (Wildman–Crippen MR) is 289 cm³/mol. The normalized spacial score (nSPS) is 13.3. The molecular weight excluding hydrogens is 858 g/mol.